The van der Waals surface area contributed by atoms with Gasteiger partial charge in [-0.1, -0.05) is 0 Å². The van der Waals surface area contributed by atoms with E-state index in [1.54, 1.807) is 32.7 Å². The molecule has 1 aliphatic carbocycles. The van der Waals surface area contributed by atoms with Crippen LogP contribution in [0.2, 0.25) is 0 Å². The molecule has 7 nitrogen and oxygen atoms in total. The van der Waals surface area contributed by atoms with Crippen molar-refractivity contribution in [2.45, 2.75) is 52.2 Å². The minimum absolute atomic E-state index is 0.497. The molecule has 2 aliphatic rings. The summed E-state index contributed by atoms with van der Waals surface area (Å²) in [4.78, 5) is 5.04. The second-order valence-corrected chi connectivity index (χ2v) is 10.6. The topological polar surface area (TPSA) is 57.5 Å². The number of thiazole rings is 1. The molecule has 2 fully saturated rings. The summed E-state index contributed by atoms with van der Waals surface area (Å²) in [5.74, 6) is 2.33. The van der Waals surface area contributed by atoms with Crippen LogP contribution in [-0.2, 0) is 16.1 Å². The Morgan fingerprint density at radius 1 is 1.06 bits per heavy atom. The highest BCUT2D eigenvalue weighted by Crippen LogP contribution is 2.46. The molecule has 0 atom stereocenters. The Hall–Kier alpha value is -2.29. The zero-order valence-electron chi connectivity index (χ0n) is 20.8. The third-order valence-electron chi connectivity index (χ3n) is 6.97. The number of hydrogen-bond donors (Lipinski definition) is 0. The van der Waals surface area contributed by atoms with Gasteiger partial charge in [-0.25, -0.2) is 4.52 Å². The Bertz CT molecular complexity index is 1140. The summed E-state index contributed by atoms with van der Waals surface area (Å²) in [5, 5.41) is 5.08. The van der Waals surface area contributed by atoms with Crippen molar-refractivity contribution in [1.82, 2.24) is 9.61 Å². The summed E-state index contributed by atoms with van der Waals surface area (Å²) in [6.45, 7) is 7.59. The number of benzene rings is 1. The van der Waals surface area contributed by atoms with E-state index in [0.29, 0.717) is 12.6 Å². The molecule has 0 N–H and O–H groups in total. The Labute approximate surface area is 205 Å². The molecule has 1 aliphatic heterocycles. The maximum Gasteiger partial charge on any atom is 0.144 e. The van der Waals surface area contributed by atoms with Gasteiger partial charge in [0.25, 0.3) is 0 Å². The van der Waals surface area contributed by atoms with E-state index in [1.807, 2.05) is 12.1 Å². The van der Waals surface area contributed by atoms with Crippen molar-refractivity contribution in [1.29, 1.82) is 0 Å². The fourth-order valence-corrected chi connectivity index (χ4v) is 6.30. The summed E-state index contributed by atoms with van der Waals surface area (Å²) < 4.78 is 24.8. The molecule has 34 heavy (non-hydrogen) atoms. The Kier molecular flexibility index (Phi) is 6.73. The molecule has 0 bridgehead atoms. The third kappa shape index (κ3) is 4.27. The van der Waals surface area contributed by atoms with E-state index in [2.05, 4.69) is 23.3 Å². The first kappa shape index (κ1) is 23.5. The van der Waals surface area contributed by atoms with Crippen molar-refractivity contribution < 1.29 is 18.9 Å². The number of fused-ring (bicyclic) bond motifs is 1. The van der Waals surface area contributed by atoms with E-state index < -0.39 is 0 Å². The summed E-state index contributed by atoms with van der Waals surface area (Å²) >= 11 is 1.81. The summed E-state index contributed by atoms with van der Waals surface area (Å²) in [5.41, 5.74) is 5.34. The van der Waals surface area contributed by atoms with Gasteiger partial charge < -0.3 is 23.8 Å². The lowest BCUT2D eigenvalue weighted by Crippen LogP contribution is -2.41. The van der Waals surface area contributed by atoms with E-state index in [4.69, 9.17) is 24.0 Å². The van der Waals surface area contributed by atoms with E-state index in [1.165, 1.54) is 28.2 Å². The average molecular weight is 486 g/mol. The van der Waals surface area contributed by atoms with Gasteiger partial charge in [0.05, 0.1) is 43.5 Å². The lowest BCUT2D eigenvalue weighted by atomic mass is 10.0. The lowest BCUT2D eigenvalue weighted by molar-refractivity contribution is 0.0842. The van der Waals surface area contributed by atoms with Gasteiger partial charge in [-0.3, -0.25) is 0 Å². The lowest BCUT2D eigenvalue weighted by Gasteiger charge is -2.36. The van der Waals surface area contributed by atoms with Gasteiger partial charge in [-0.05, 0) is 63.1 Å². The highest BCUT2D eigenvalue weighted by molar-refractivity contribution is 7.18. The smallest absolute Gasteiger partial charge is 0.144 e. The monoisotopic (exact) mass is 485 g/mol. The molecule has 0 spiro atoms. The highest BCUT2D eigenvalue weighted by Gasteiger charge is 2.33. The highest BCUT2D eigenvalue weighted by atomic mass is 32.1. The number of rotatable bonds is 9. The summed E-state index contributed by atoms with van der Waals surface area (Å²) in [6, 6.07) is 4.57. The van der Waals surface area contributed by atoms with Gasteiger partial charge in [-0.15, -0.1) is 11.3 Å². The zero-order chi connectivity index (χ0) is 23.8. The van der Waals surface area contributed by atoms with Crippen LogP contribution in [0, 0.1) is 19.8 Å². The van der Waals surface area contributed by atoms with Gasteiger partial charge in [0, 0.05) is 37.8 Å². The van der Waals surface area contributed by atoms with Crippen molar-refractivity contribution in [3.05, 3.63) is 28.3 Å². The Balaban J connectivity index is 1.65. The molecule has 3 heterocycles. The number of aryl methyl sites for hydroxylation is 2. The SMILES string of the molecule is COCc1cc(OC)c(-c2c(C)sc3c(N(CC4CC4)C4CCOCC4)c(C)nn23)c(OC)c1. The molecule has 2 aromatic heterocycles. The number of nitrogens with zero attached hydrogens (tertiary/aromatic N) is 3. The van der Waals surface area contributed by atoms with Gasteiger partial charge in [0.15, 0.2) is 0 Å². The van der Waals surface area contributed by atoms with Crippen LogP contribution in [0.3, 0.4) is 0 Å². The van der Waals surface area contributed by atoms with Gasteiger partial charge >= 0.3 is 0 Å². The number of anilines is 1. The Morgan fingerprint density at radius 2 is 1.74 bits per heavy atom. The molecule has 0 unspecified atom stereocenters. The summed E-state index contributed by atoms with van der Waals surface area (Å²) in [6.07, 6.45) is 4.81. The average Bonchev–Trinajstić information content (AvgIpc) is 3.55. The molecule has 5 rings (SSSR count). The third-order valence-corrected chi connectivity index (χ3v) is 8.03. The van der Waals surface area contributed by atoms with Crippen molar-refractivity contribution >= 4 is 21.9 Å². The first-order chi connectivity index (χ1) is 16.5. The van der Waals surface area contributed by atoms with Crippen molar-refractivity contribution in [3.63, 3.8) is 0 Å². The maximum atomic E-state index is 5.85. The molecule has 1 saturated carbocycles. The summed E-state index contributed by atoms with van der Waals surface area (Å²) in [7, 11) is 5.10. The normalized spacial score (nSPS) is 16.9. The zero-order valence-corrected chi connectivity index (χ0v) is 21.7. The van der Waals surface area contributed by atoms with E-state index >= 15 is 0 Å². The quantitative estimate of drug-likeness (QED) is 0.413. The second kappa shape index (κ2) is 9.76. The van der Waals surface area contributed by atoms with Crippen LogP contribution >= 0.6 is 11.3 Å². The molecule has 1 saturated heterocycles. The first-order valence-electron chi connectivity index (χ1n) is 12.1. The molecular formula is C26H35N3O4S. The molecular weight excluding hydrogens is 450 g/mol. The van der Waals surface area contributed by atoms with E-state index in [-0.39, 0.29) is 0 Å². The van der Waals surface area contributed by atoms with Crippen molar-refractivity contribution in [3.8, 4) is 22.8 Å². The van der Waals surface area contributed by atoms with Crippen LogP contribution in [0.25, 0.3) is 16.1 Å². The van der Waals surface area contributed by atoms with Crippen molar-refractivity contribution in [2.75, 3.05) is 46.0 Å². The van der Waals surface area contributed by atoms with Gasteiger partial charge in [-0.2, -0.15) is 5.10 Å². The Morgan fingerprint density at radius 3 is 2.32 bits per heavy atom. The molecule has 0 radical (unpaired) electrons. The fourth-order valence-electron chi connectivity index (χ4n) is 5.14. The molecule has 1 aromatic carbocycles. The minimum atomic E-state index is 0.497. The van der Waals surface area contributed by atoms with Gasteiger partial charge in [0.2, 0.25) is 0 Å². The standard InChI is InChI=1S/C26H35N3O4S/c1-16-24(28(14-18-6-7-18)20-8-10-33-11-9-20)26-29(27-16)25(17(2)34-26)23-21(31-4)12-19(15-30-3)13-22(23)32-5/h12-13,18,20H,6-11,14-15H2,1-5H3. The maximum absolute atomic E-state index is 5.85. The van der Waals surface area contributed by atoms with E-state index in [0.717, 1.165) is 72.5 Å². The largest absolute Gasteiger partial charge is 0.496 e. The minimum Gasteiger partial charge on any atom is -0.496 e. The predicted octanol–water partition coefficient (Wildman–Crippen LogP) is 5.24. The second-order valence-electron chi connectivity index (χ2n) is 9.41. The number of aromatic nitrogens is 2. The molecule has 0 amide bonds. The molecule has 3 aromatic rings. The van der Waals surface area contributed by atoms with Crippen LogP contribution in [0.15, 0.2) is 12.1 Å². The van der Waals surface area contributed by atoms with Crippen LogP contribution in [0.4, 0.5) is 5.69 Å². The number of methoxy groups -OCH3 is 3. The van der Waals surface area contributed by atoms with Crippen LogP contribution < -0.4 is 14.4 Å². The molecule has 184 valence electrons. The fraction of sp³-hybridized carbons (Fsp3) is 0.577. The van der Waals surface area contributed by atoms with Crippen molar-refractivity contribution in [2.24, 2.45) is 5.92 Å². The van der Waals surface area contributed by atoms with Crippen LogP contribution in [0.1, 0.15) is 41.8 Å². The van der Waals surface area contributed by atoms with Gasteiger partial charge in [0.1, 0.15) is 16.3 Å². The van der Waals surface area contributed by atoms with Crippen LogP contribution in [-0.4, -0.2) is 56.7 Å². The molecule has 8 heteroatoms. The number of ether oxygens (including phenoxy) is 4. The van der Waals surface area contributed by atoms with E-state index in [9.17, 15) is 0 Å². The van der Waals surface area contributed by atoms with Crippen LogP contribution in [0.5, 0.6) is 11.5 Å². The predicted molar refractivity (Wildman–Crippen MR) is 136 cm³/mol. The number of hydrogen-bond acceptors (Lipinski definition) is 7. The first-order valence-corrected chi connectivity index (χ1v) is 12.9.